The van der Waals surface area contributed by atoms with Crippen molar-refractivity contribution in [3.63, 3.8) is 0 Å². The molecule has 1 unspecified atom stereocenters. The number of rotatable bonds is 19. The van der Waals surface area contributed by atoms with Crippen molar-refractivity contribution in [2.24, 2.45) is 0 Å². The SMILES string of the molecule is C=C1c2ccc(NCCCCCCCCCCCC(=O)N3CCN(c4ccc(-c5nc6ccc(-c7c(C)noc7C)cn6c5NC5CCCCC5)cc4)CC3)cc2C(=O)N1C1CCC(=O)NC1=O. The summed E-state index contributed by atoms with van der Waals surface area (Å²) in [6.45, 7) is 12.0. The van der Waals surface area contributed by atoms with Crippen molar-refractivity contribution in [3.05, 3.63) is 90.0 Å². The minimum absolute atomic E-state index is 0.208. The number of nitrogens with one attached hydrogen (secondary N) is 3. The third kappa shape index (κ3) is 10.3. The molecule has 3 N–H and O–H groups in total. The molecule has 3 aromatic heterocycles. The highest BCUT2D eigenvalue weighted by molar-refractivity contribution is 6.13. The first-order chi connectivity index (χ1) is 33.1. The number of hydrogen-bond donors (Lipinski definition) is 3. The van der Waals surface area contributed by atoms with Crippen LogP contribution < -0.4 is 20.9 Å². The Balaban J connectivity index is 0.657. The molecule has 14 heteroatoms. The van der Waals surface area contributed by atoms with Crippen molar-refractivity contribution in [1.82, 2.24) is 29.7 Å². The Bertz CT molecular complexity index is 2620. The predicted molar refractivity (Wildman–Crippen MR) is 267 cm³/mol. The molecule has 0 radical (unpaired) electrons. The molecule has 3 fully saturated rings. The van der Waals surface area contributed by atoms with Gasteiger partial charge in [-0.25, -0.2) is 4.98 Å². The van der Waals surface area contributed by atoms with Crippen LogP contribution in [0.2, 0.25) is 0 Å². The van der Waals surface area contributed by atoms with E-state index in [1.807, 2.05) is 32.0 Å². The Morgan fingerprint density at radius 1 is 0.809 bits per heavy atom. The summed E-state index contributed by atoms with van der Waals surface area (Å²) in [5, 5.41) is 13.9. The minimum atomic E-state index is -0.714. The van der Waals surface area contributed by atoms with Gasteiger partial charge in [-0.2, -0.15) is 0 Å². The molecule has 358 valence electrons. The zero-order valence-corrected chi connectivity index (χ0v) is 39.9. The van der Waals surface area contributed by atoms with Gasteiger partial charge in [0.1, 0.15) is 29.0 Å². The van der Waals surface area contributed by atoms with E-state index in [-0.39, 0.29) is 24.1 Å². The molecule has 6 heterocycles. The zero-order valence-electron chi connectivity index (χ0n) is 39.9. The highest BCUT2D eigenvalue weighted by Crippen LogP contribution is 2.38. The van der Waals surface area contributed by atoms with Crippen molar-refractivity contribution >= 4 is 52.2 Å². The van der Waals surface area contributed by atoms with Crippen LogP contribution in [0.1, 0.15) is 137 Å². The largest absolute Gasteiger partial charge is 0.385 e. The summed E-state index contributed by atoms with van der Waals surface area (Å²) in [6.07, 6.45) is 19.6. The molecule has 5 aromatic rings. The van der Waals surface area contributed by atoms with Crippen LogP contribution in [0.3, 0.4) is 0 Å². The summed E-state index contributed by atoms with van der Waals surface area (Å²) >= 11 is 0. The lowest BCUT2D eigenvalue weighted by atomic mass is 9.95. The highest BCUT2D eigenvalue weighted by Gasteiger charge is 2.41. The van der Waals surface area contributed by atoms with Gasteiger partial charge in [0.15, 0.2) is 0 Å². The molecule has 14 nitrogen and oxygen atoms in total. The summed E-state index contributed by atoms with van der Waals surface area (Å²) < 4.78 is 7.71. The van der Waals surface area contributed by atoms with E-state index < -0.39 is 11.9 Å². The maximum Gasteiger partial charge on any atom is 0.259 e. The van der Waals surface area contributed by atoms with Crippen LogP contribution in [0.4, 0.5) is 17.2 Å². The second-order valence-corrected chi connectivity index (χ2v) is 19.3. The normalized spacial score (nSPS) is 17.9. The van der Waals surface area contributed by atoms with Gasteiger partial charge >= 0.3 is 0 Å². The Morgan fingerprint density at radius 2 is 1.51 bits per heavy atom. The molecular weight excluding hydrogens is 855 g/mol. The first-order valence-electron chi connectivity index (χ1n) is 25.2. The fourth-order valence-corrected chi connectivity index (χ4v) is 10.7. The van der Waals surface area contributed by atoms with Gasteiger partial charge in [-0.05, 0) is 82.3 Å². The number of carbonyl (C=O) groups is 4. The molecule has 68 heavy (non-hydrogen) atoms. The summed E-state index contributed by atoms with van der Waals surface area (Å²) in [4.78, 5) is 61.5. The molecule has 0 spiro atoms. The summed E-state index contributed by atoms with van der Waals surface area (Å²) in [5.41, 5.74) is 9.73. The van der Waals surface area contributed by atoms with Crippen LogP contribution in [0.25, 0.3) is 33.7 Å². The number of anilines is 3. The Kier molecular flexibility index (Phi) is 14.6. The Hall–Kier alpha value is -6.44. The molecule has 3 aliphatic heterocycles. The molecule has 2 saturated heterocycles. The molecular formula is C54H67N9O5. The number of benzene rings is 2. The summed E-state index contributed by atoms with van der Waals surface area (Å²) in [6, 6.07) is 18.4. The lowest BCUT2D eigenvalue weighted by Crippen LogP contribution is -2.52. The van der Waals surface area contributed by atoms with Gasteiger partial charge in [0.2, 0.25) is 17.7 Å². The molecule has 1 aliphatic carbocycles. The van der Waals surface area contributed by atoms with E-state index in [1.54, 1.807) is 0 Å². The number of imide groups is 1. The molecule has 9 rings (SSSR count). The van der Waals surface area contributed by atoms with E-state index in [2.05, 4.69) is 84.5 Å². The van der Waals surface area contributed by atoms with Crippen molar-refractivity contribution in [3.8, 4) is 22.4 Å². The van der Waals surface area contributed by atoms with E-state index >= 15 is 0 Å². The second kappa shape index (κ2) is 21.2. The lowest BCUT2D eigenvalue weighted by molar-refractivity contribution is -0.136. The Labute approximate surface area is 399 Å². The smallest absolute Gasteiger partial charge is 0.259 e. The maximum atomic E-state index is 13.3. The molecule has 1 saturated carbocycles. The number of unbranched alkanes of at least 4 members (excludes halogenated alkanes) is 8. The quantitative estimate of drug-likeness (QED) is 0.0538. The summed E-state index contributed by atoms with van der Waals surface area (Å²) in [7, 11) is 0. The number of piperidine rings is 1. The third-order valence-corrected chi connectivity index (χ3v) is 14.5. The third-order valence-electron chi connectivity index (χ3n) is 14.5. The van der Waals surface area contributed by atoms with Gasteiger partial charge in [-0.1, -0.05) is 94.1 Å². The highest BCUT2D eigenvalue weighted by atomic mass is 16.5. The average molecular weight is 922 g/mol. The first kappa shape index (κ1) is 46.7. The fraction of sp³-hybridized carbons (Fsp3) is 0.481. The number of carbonyl (C=O) groups excluding carboxylic acids is 4. The number of hydrogen-bond acceptors (Lipinski definition) is 10. The van der Waals surface area contributed by atoms with Crippen LogP contribution in [0, 0.1) is 13.8 Å². The van der Waals surface area contributed by atoms with Crippen molar-refractivity contribution in [1.29, 1.82) is 0 Å². The first-order valence-corrected chi connectivity index (χ1v) is 25.2. The van der Waals surface area contributed by atoms with Crippen molar-refractivity contribution in [2.75, 3.05) is 48.3 Å². The molecule has 2 aromatic carbocycles. The second-order valence-electron chi connectivity index (χ2n) is 19.3. The van der Waals surface area contributed by atoms with Gasteiger partial charge < -0.3 is 25.0 Å². The van der Waals surface area contributed by atoms with E-state index in [4.69, 9.17) is 9.51 Å². The number of fused-ring (bicyclic) bond motifs is 2. The fourth-order valence-electron chi connectivity index (χ4n) is 10.7. The average Bonchev–Trinajstić information content (AvgIpc) is 3.97. The number of nitrogens with zero attached hydrogens (tertiary/aromatic N) is 6. The van der Waals surface area contributed by atoms with Crippen molar-refractivity contribution < 1.29 is 23.7 Å². The number of imidazole rings is 1. The molecule has 4 aliphatic rings. The minimum Gasteiger partial charge on any atom is -0.385 e. The summed E-state index contributed by atoms with van der Waals surface area (Å²) in [5.74, 6) is 1.12. The van der Waals surface area contributed by atoms with Gasteiger partial charge in [0.25, 0.3) is 5.91 Å². The number of pyridine rings is 1. The maximum absolute atomic E-state index is 13.3. The van der Waals surface area contributed by atoms with E-state index in [0.717, 1.165) is 128 Å². The number of amides is 4. The van der Waals surface area contributed by atoms with Crippen LogP contribution in [0.15, 0.2) is 71.9 Å². The monoisotopic (exact) mass is 922 g/mol. The topological polar surface area (TPSA) is 157 Å². The Morgan fingerprint density at radius 3 is 2.22 bits per heavy atom. The van der Waals surface area contributed by atoms with Gasteiger partial charge in [0, 0.05) is 97.1 Å². The van der Waals surface area contributed by atoms with Gasteiger partial charge in [0.05, 0.1) is 11.3 Å². The van der Waals surface area contributed by atoms with E-state index in [9.17, 15) is 19.2 Å². The van der Waals surface area contributed by atoms with Crippen LogP contribution >= 0.6 is 0 Å². The van der Waals surface area contributed by atoms with Crippen molar-refractivity contribution in [2.45, 2.75) is 135 Å². The predicted octanol–water partition coefficient (Wildman–Crippen LogP) is 9.91. The standard InChI is InChI=1S/C54H67N9O5/c1-36-50(38(3)68-59-36)40-21-27-47-57-51(52(62(47)35-40)56-41-16-12-11-13-17-41)39-19-23-43(24-20-39)60-30-32-61(33-31-60)49(65)18-14-9-7-5-4-6-8-10-15-29-55-42-22-25-44-37(2)63(54(67)45(44)34-42)46-26-28-48(64)58-53(46)66/h19-25,27,34-35,41,46,55-56H,2,4-18,26,28-33H2,1,3H3,(H,58,64,66). The number of aryl methyl sites for hydroxylation is 2. The van der Waals surface area contributed by atoms with Gasteiger partial charge in [-0.3, -0.25) is 33.8 Å². The van der Waals surface area contributed by atoms with Crippen LogP contribution in [-0.2, 0) is 14.4 Å². The molecule has 0 bridgehead atoms. The van der Waals surface area contributed by atoms with E-state index in [0.29, 0.717) is 30.1 Å². The van der Waals surface area contributed by atoms with E-state index in [1.165, 1.54) is 62.0 Å². The van der Waals surface area contributed by atoms with Crippen LogP contribution in [-0.4, -0.2) is 92.8 Å². The lowest BCUT2D eigenvalue weighted by Gasteiger charge is -2.36. The molecule has 1 atom stereocenters. The van der Waals surface area contributed by atoms with Gasteiger partial charge in [-0.15, -0.1) is 0 Å². The number of piperazine rings is 1. The number of aromatic nitrogens is 3. The molecule has 4 amide bonds. The van der Waals surface area contributed by atoms with Crippen LogP contribution in [0.5, 0.6) is 0 Å². The zero-order chi connectivity index (χ0) is 47.1.